The Morgan fingerprint density at radius 3 is 3.00 bits per heavy atom. The molecule has 2 N–H and O–H groups in total. The first-order valence-corrected chi connectivity index (χ1v) is 9.10. The fourth-order valence-electron chi connectivity index (χ4n) is 3.90. The number of likely N-dealkylation sites (tertiary alicyclic amines) is 1. The number of rotatable bonds is 3. The smallest absolute Gasteiger partial charge is 0.410 e. The number of nitrogens with one attached hydrogen (secondary N) is 2. The van der Waals surface area contributed by atoms with E-state index in [1.165, 1.54) is 11.3 Å². The first-order chi connectivity index (χ1) is 11.3. The lowest BCUT2D eigenvalue weighted by atomic mass is 9.92. The van der Waals surface area contributed by atoms with E-state index >= 15 is 0 Å². The number of aromatic nitrogens is 2. The number of hydrogen-bond acceptors (Lipinski definition) is 4. The van der Waals surface area contributed by atoms with E-state index in [4.69, 9.17) is 4.74 Å². The van der Waals surface area contributed by atoms with Crippen molar-refractivity contribution in [1.82, 2.24) is 20.4 Å². The minimum atomic E-state index is -0.443. The summed E-state index contributed by atoms with van der Waals surface area (Å²) >= 11 is 0. The van der Waals surface area contributed by atoms with Gasteiger partial charge >= 0.3 is 6.09 Å². The molecule has 1 fully saturated rings. The predicted molar refractivity (Wildman–Crippen MR) is 93.0 cm³/mol. The molecule has 0 radical (unpaired) electrons. The minimum absolute atomic E-state index is 0.181. The molecule has 134 valence electrons. The highest BCUT2D eigenvalue weighted by molar-refractivity contribution is 5.69. The Labute approximate surface area is 144 Å². The van der Waals surface area contributed by atoms with Crippen molar-refractivity contribution in [2.75, 3.05) is 6.54 Å². The van der Waals surface area contributed by atoms with Crippen LogP contribution in [0.15, 0.2) is 6.20 Å². The van der Waals surface area contributed by atoms with Crippen molar-refractivity contribution in [2.45, 2.75) is 83.5 Å². The van der Waals surface area contributed by atoms with Gasteiger partial charge in [0.05, 0.1) is 12.2 Å². The van der Waals surface area contributed by atoms with Crippen LogP contribution in [-0.2, 0) is 17.6 Å². The lowest BCUT2D eigenvalue weighted by Crippen LogP contribution is -2.52. The van der Waals surface area contributed by atoms with Crippen molar-refractivity contribution in [2.24, 2.45) is 0 Å². The average Bonchev–Trinajstić information content (AvgIpc) is 3.14. The van der Waals surface area contributed by atoms with Gasteiger partial charge in [0, 0.05) is 24.3 Å². The zero-order valence-electron chi connectivity index (χ0n) is 15.3. The van der Waals surface area contributed by atoms with Crippen LogP contribution < -0.4 is 5.32 Å². The van der Waals surface area contributed by atoms with Crippen molar-refractivity contribution >= 4 is 6.09 Å². The summed E-state index contributed by atoms with van der Waals surface area (Å²) in [6.07, 6.45) is 7.01. The molecule has 2 aliphatic rings. The van der Waals surface area contributed by atoms with Crippen molar-refractivity contribution in [1.29, 1.82) is 0 Å². The van der Waals surface area contributed by atoms with Gasteiger partial charge in [0.25, 0.3) is 0 Å². The number of carbonyl (C=O) groups is 1. The van der Waals surface area contributed by atoms with Crippen LogP contribution in [0.25, 0.3) is 0 Å². The molecule has 1 saturated heterocycles. The summed E-state index contributed by atoms with van der Waals surface area (Å²) in [5, 5.41) is 11.0. The molecule has 24 heavy (non-hydrogen) atoms. The Morgan fingerprint density at radius 2 is 2.25 bits per heavy atom. The Hall–Kier alpha value is -1.56. The number of amides is 1. The molecule has 0 spiro atoms. The Balaban J connectivity index is 1.58. The third kappa shape index (κ3) is 3.91. The first-order valence-electron chi connectivity index (χ1n) is 9.10. The molecular weight excluding hydrogens is 304 g/mol. The molecular formula is C18H30N4O2. The highest BCUT2D eigenvalue weighted by Crippen LogP contribution is 2.25. The van der Waals surface area contributed by atoms with Gasteiger partial charge in [0.2, 0.25) is 0 Å². The van der Waals surface area contributed by atoms with Gasteiger partial charge in [-0.3, -0.25) is 5.10 Å². The van der Waals surface area contributed by atoms with E-state index in [-0.39, 0.29) is 18.2 Å². The van der Waals surface area contributed by atoms with E-state index in [2.05, 4.69) is 22.4 Å². The summed E-state index contributed by atoms with van der Waals surface area (Å²) < 4.78 is 5.57. The number of H-pyrrole nitrogens is 1. The van der Waals surface area contributed by atoms with Gasteiger partial charge in [0.1, 0.15) is 5.60 Å². The summed E-state index contributed by atoms with van der Waals surface area (Å²) in [6, 6.07) is 0.926. The zero-order valence-corrected chi connectivity index (χ0v) is 15.3. The summed E-state index contributed by atoms with van der Waals surface area (Å²) in [5.41, 5.74) is 2.15. The molecule has 3 rings (SSSR count). The van der Waals surface area contributed by atoms with E-state index in [9.17, 15) is 4.79 Å². The number of ether oxygens (including phenoxy) is 1. The zero-order chi connectivity index (χ0) is 17.3. The van der Waals surface area contributed by atoms with Crippen LogP contribution in [0.5, 0.6) is 0 Å². The lowest BCUT2D eigenvalue weighted by molar-refractivity contribution is 0.0196. The van der Waals surface area contributed by atoms with Gasteiger partial charge in [-0.1, -0.05) is 0 Å². The van der Waals surface area contributed by atoms with Crippen LogP contribution >= 0.6 is 0 Å². The molecule has 1 aromatic rings. The van der Waals surface area contributed by atoms with Crippen molar-refractivity contribution in [3.63, 3.8) is 0 Å². The second-order valence-electron chi connectivity index (χ2n) is 8.15. The Kier molecular flexibility index (Phi) is 4.85. The maximum Gasteiger partial charge on any atom is 0.410 e. The highest BCUT2D eigenvalue weighted by atomic mass is 16.6. The molecule has 6 nitrogen and oxygen atoms in total. The summed E-state index contributed by atoms with van der Waals surface area (Å²) in [6.45, 7) is 8.74. The second-order valence-corrected chi connectivity index (χ2v) is 8.15. The van der Waals surface area contributed by atoms with E-state index < -0.39 is 5.60 Å². The molecule has 2 heterocycles. The number of nitrogens with zero attached hydrogens (tertiary/aromatic N) is 2. The molecule has 1 aromatic heterocycles. The normalized spacial score (nSPS) is 25.4. The lowest BCUT2D eigenvalue weighted by Gasteiger charge is -2.34. The number of aryl methyl sites for hydroxylation is 1. The SMILES string of the molecule is C[C@H](N[C@@H]1CCc2[nH]ncc2C1)[C@H]1CCCN1C(=O)OC(C)(C)C. The second kappa shape index (κ2) is 6.75. The number of fused-ring (bicyclic) bond motifs is 1. The summed E-state index contributed by atoms with van der Waals surface area (Å²) in [7, 11) is 0. The van der Waals surface area contributed by atoms with Gasteiger partial charge < -0.3 is 15.0 Å². The Morgan fingerprint density at radius 1 is 1.46 bits per heavy atom. The van der Waals surface area contributed by atoms with Gasteiger partial charge in [0.15, 0.2) is 0 Å². The molecule has 1 aliphatic heterocycles. The monoisotopic (exact) mass is 334 g/mol. The van der Waals surface area contributed by atoms with Crippen LogP contribution in [0.1, 0.15) is 58.2 Å². The van der Waals surface area contributed by atoms with E-state index in [1.54, 1.807) is 0 Å². The van der Waals surface area contributed by atoms with E-state index in [0.717, 1.165) is 38.6 Å². The topological polar surface area (TPSA) is 70.2 Å². The van der Waals surface area contributed by atoms with Gasteiger partial charge in [-0.05, 0) is 65.4 Å². The molecule has 6 heteroatoms. The van der Waals surface area contributed by atoms with Gasteiger partial charge in [-0.25, -0.2) is 4.79 Å². The van der Waals surface area contributed by atoms with E-state index in [1.807, 2.05) is 31.9 Å². The maximum atomic E-state index is 12.5. The molecule has 1 aliphatic carbocycles. The maximum absolute atomic E-state index is 12.5. The summed E-state index contributed by atoms with van der Waals surface area (Å²) in [4.78, 5) is 14.4. The quantitative estimate of drug-likeness (QED) is 0.891. The van der Waals surface area contributed by atoms with Crippen LogP contribution in [0.3, 0.4) is 0 Å². The van der Waals surface area contributed by atoms with Gasteiger partial charge in [-0.15, -0.1) is 0 Å². The van der Waals surface area contributed by atoms with Crippen molar-refractivity contribution < 1.29 is 9.53 Å². The molecule has 0 unspecified atom stereocenters. The van der Waals surface area contributed by atoms with Crippen molar-refractivity contribution in [3.8, 4) is 0 Å². The third-order valence-corrected chi connectivity index (χ3v) is 5.02. The third-order valence-electron chi connectivity index (χ3n) is 5.02. The molecule has 0 aromatic carbocycles. The van der Waals surface area contributed by atoms with Crippen LogP contribution in [0.2, 0.25) is 0 Å². The molecule has 3 atom stereocenters. The number of carbonyl (C=O) groups excluding carboxylic acids is 1. The minimum Gasteiger partial charge on any atom is -0.444 e. The summed E-state index contributed by atoms with van der Waals surface area (Å²) in [5.74, 6) is 0. The standard InChI is InChI=1S/C18H30N4O2/c1-12(20-14-7-8-15-13(10-14)11-19-21-15)16-6-5-9-22(16)17(23)24-18(2,3)4/h11-12,14,16,20H,5-10H2,1-4H3,(H,19,21)/t12-,14+,16+/m0/s1. The first kappa shape index (κ1) is 17.3. The van der Waals surface area contributed by atoms with Crippen LogP contribution in [-0.4, -0.2) is 51.5 Å². The fourth-order valence-corrected chi connectivity index (χ4v) is 3.90. The number of hydrogen-bond donors (Lipinski definition) is 2. The largest absolute Gasteiger partial charge is 0.444 e. The highest BCUT2D eigenvalue weighted by Gasteiger charge is 2.36. The molecule has 0 bridgehead atoms. The van der Waals surface area contributed by atoms with Crippen molar-refractivity contribution in [3.05, 3.63) is 17.5 Å². The molecule has 0 saturated carbocycles. The fraction of sp³-hybridized carbons (Fsp3) is 0.778. The predicted octanol–water partition coefficient (Wildman–Crippen LogP) is 2.64. The Bertz CT molecular complexity index is 578. The molecule has 1 amide bonds. The number of aromatic amines is 1. The van der Waals surface area contributed by atoms with Gasteiger partial charge in [-0.2, -0.15) is 5.10 Å². The van der Waals surface area contributed by atoms with E-state index in [0.29, 0.717) is 6.04 Å². The average molecular weight is 334 g/mol. The van der Waals surface area contributed by atoms with Crippen LogP contribution in [0, 0.1) is 0 Å². The van der Waals surface area contributed by atoms with Crippen LogP contribution in [0.4, 0.5) is 4.79 Å².